The summed E-state index contributed by atoms with van der Waals surface area (Å²) in [6.45, 7) is 2.02. The number of nitrogens with one attached hydrogen (secondary N) is 1. The maximum Gasteiger partial charge on any atom is 0.224 e. The van der Waals surface area contributed by atoms with E-state index in [0.717, 1.165) is 26.8 Å². The van der Waals surface area contributed by atoms with E-state index < -0.39 is 0 Å². The van der Waals surface area contributed by atoms with Gasteiger partial charge >= 0.3 is 0 Å². The molecule has 1 fully saturated rings. The zero-order valence-corrected chi connectivity index (χ0v) is 11.6. The first-order valence-corrected chi connectivity index (χ1v) is 6.71. The number of fused-ring (bicyclic) bond motifs is 1. The van der Waals surface area contributed by atoms with E-state index in [1.54, 1.807) is 0 Å². The molecule has 1 saturated carbocycles. The van der Waals surface area contributed by atoms with Crippen molar-refractivity contribution in [2.24, 2.45) is 0 Å². The molecule has 0 aliphatic heterocycles. The van der Waals surface area contributed by atoms with Gasteiger partial charge < -0.3 is 5.32 Å². The van der Waals surface area contributed by atoms with Gasteiger partial charge in [-0.05, 0) is 49.1 Å². The molecule has 1 aromatic heterocycles. The molecule has 3 nitrogen and oxygen atoms in total. The van der Waals surface area contributed by atoms with Crippen molar-refractivity contribution >= 4 is 44.3 Å². The Labute approximate surface area is 113 Å². The first kappa shape index (κ1) is 11.2. The number of rotatable bonds is 2. The number of anilines is 1. The second-order valence-corrected chi connectivity index (χ2v) is 5.52. The first-order valence-electron chi connectivity index (χ1n) is 5.54. The Morgan fingerprint density at radius 1 is 1.35 bits per heavy atom. The maximum atomic E-state index is 5.97. The Morgan fingerprint density at radius 2 is 2.12 bits per heavy atom. The minimum absolute atomic E-state index is 0.293. The summed E-state index contributed by atoms with van der Waals surface area (Å²) < 4.78 is 1.04. The smallest absolute Gasteiger partial charge is 0.224 e. The number of nitrogens with zero attached hydrogens (tertiary/aromatic N) is 2. The molecule has 1 aliphatic rings. The number of aryl methyl sites for hydroxylation is 1. The van der Waals surface area contributed by atoms with Crippen LogP contribution in [0.15, 0.2) is 16.6 Å². The molecule has 5 heteroatoms. The minimum Gasteiger partial charge on any atom is -0.367 e. The highest BCUT2D eigenvalue weighted by Gasteiger charge is 2.23. The van der Waals surface area contributed by atoms with Crippen molar-refractivity contribution in [3.05, 3.63) is 27.5 Å². The van der Waals surface area contributed by atoms with E-state index in [1.165, 1.54) is 12.8 Å². The fourth-order valence-electron chi connectivity index (χ4n) is 1.81. The van der Waals surface area contributed by atoms with Crippen molar-refractivity contribution < 1.29 is 0 Å². The molecule has 0 atom stereocenters. The van der Waals surface area contributed by atoms with Crippen LogP contribution in [0.5, 0.6) is 0 Å². The predicted octanol–water partition coefficient (Wildman–Crippen LogP) is 3.93. The maximum absolute atomic E-state index is 5.97. The minimum atomic E-state index is 0.293. The highest BCUT2D eigenvalue weighted by atomic mass is 79.9. The molecule has 1 heterocycles. The number of halogens is 2. The molecule has 0 amide bonds. The van der Waals surface area contributed by atoms with Crippen LogP contribution in [0.1, 0.15) is 18.4 Å². The van der Waals surface area contributed by atoms with Gasteiger partial charge in [-0.15, -0.1) is 0 Å². The van der Waals surface area contributed by atoms with Crippen LogP contribution in [0.2, 0.25) is 5.28 Å². The van der Waals surface area contributed by atoms with Crippen LogP contribution in [-0.4, -0.2) is 16.0 Å². The van der Waals surface area contributed by atoms with E-state index in [2.05, 4.69) is 31.2 Å². The summed E-state index contributed by atoms with van der Waals surface area (Å²) in [5, 5.41) is 4.72. The van der Waals surface area contributed by atoms with Crippen molar-refractivity contribution in [2.75, 3.05) is 5.32 Å². The van der Waals surface area contributed by atoms with Gasteiger partial charge in [-0.1, -0.05) is 15.9 Å². The van der Waals surface area contributed by atoms with Crippen molar-refractivity contribution in [2.45, 2.75) is 25.8 Å². The Morgan fingerprint density at radius 3 is 2.82 bits per heavy atom. The second-order valence-electron chi connectivity index (χ2n) is 4.33. The van der Waals surface area contributed by atoms with Gasteiger partial charge in [-0.25, -0.2) is 9.97 Å². The lowest BCUT2D eigenvalue weighted by Gasteiger charge is -2.10. The summed E-state index contributed by atoms with van der Waals surface area (Å²) in [6, 6.07) is 4.59. The zero-order valence-electron chi connectivity index (χ0n) is 9.30. The van der Waals surface area contributed by atoms with Gasteiger partial charge in [-0.2, -0.15) is 0 Å². The van der Waals surface area contributed by atoms with Crippen LogP contribution in [0, 0.1) is 6.92 Å². The van der Waals surface area contributed by atoms with E-state index in [9.17, 15) is 0 Å². The summed E-state index contributed by atoms with van der Waals surface area (Å²) in [6.07, 6.45) is 2.41. The molecule has 0 saturated heterocycles. The molecular formula is C12H11BrClN3. The number of hydrogen-bond donors (Lipinski definition) is 1. The molecule has 17 heavy (non-hydrogen) atoms. The molecule has 1 N–H and O–H groups in total. The van der Waals surface area contributed by atoms with Gasteiger partial charge in [0.05, 0.1) is 5.52 Å². The summed E-state index contributed by atoms with van der Waals surface area (Å²) in [5.41, 5.74) is 1.99. The third-order valence-corrected chi connectivity index (χ3v) is 3.97. The molecule has 88 valence electrons. The largest absolute Gasteiger partial charge is 0.367 e. The fourth-order valence-corrected chi connectivity index (χ4v) is 2.30. The van der Waals surface area contributed by atoms with Gasteiger partial charge in [-0.3, -0.25) is 0 Å². The molecule has 0 unspecified atom stereocenters. The molecule has 0 radical (unpaired) electrons. The van der Waals surface area contributed by atoms with Gasteiger partial charge in [0, 0.05) is 15.9 Å². The second kappa shape index (κ2) is 4.10. The number of hydrogen-bond acceptors (Lipinski definition) is 3. The molecule has 1 aliphatic carbocycles. The molecule has 1 aromatic carbocycles. The quantitative estimate of drug-likeness (QED) is 0.854. The van der Waals surface area contributed by atoms with E-state index >= 15 is 0 Å². The third-order valence-electron chi connectivity index (χ3n) is 2.95. The Bertz CT molecular complexity index is 596. The van der Waals surface area contributed by atoms with E-state index in [-0.39, 0.29) is 0 Å². The molecule has 3 rings (SSSR count). The van der Waals surface area contributed by atoms with E-state index in [1.807, 2.05) is 19.1 Å². The molecule has 2 aromatic rings. The van der Waals surface area contributed by atoms with Gasteiger partial charge in [0.15, 0.2) is 0 Å². The Hall–Kier alpha value is -0.870. The highest BCUT2D eigenvalue weighted by molar-refractivity contribution is 9.10. The summed E-state index contributed by atoms with van der Waals surface area (Å²) >= 11 is 9.48. The van der Waals surface area contributed by atoms with E-state index in [4.69, 9.17) is 11.6 Å². The van der Waals surface area contributed by atoms with E-state index in [0.29, 0.717) is 11.3 Å². The fraction of sp³-hybridized carbons (Fsp3) is 0.333. The lowest BCUT2D eigenvalue weighted by molar-refractivity contribution is 1.10. The lowest BCUT2D eigenvalue weighted by Crippen LogP contribution is -2.05. The van der Waals surface area contributed by atoms with Gasteiger partial charge in [0.25, 0.3) is 0 Å². The third kappa shape index (κ3) is 2.11. The monoisotopic (exact) mass is 311 g/mol. The van der Waals surface area contributed by atoms with Crippen LogP contribution in [-0.2, 0) is 0 Å². The normalized spacial score (nSPS) is 15.2. The predicted molar refractivity (Wildman–Crippen MR) is 73.6 cm³/mol. The van der Waals surface area contributed by atoms with Crippen molar-refractivity contribution in [3.8, 4) is 0 Å². The Kier molecular flexibility index (Phi) is 2.71. The van der Waals surface area contributed by atoms with Crippen molar-refractivity contribution in [1.29, 1.82) is 0 Å². The zero-order chi connectivity index (χ0) is 12.0. The van der Waals surface area contributed by atoms with Gasteiger partial charge in [0.2, 0.25) is 5.28 Å². The van der Waals surface area contributed by atoms with Crippen LogP contribution in [0.4, 0.5) is 5.82 Å². The lowest BCUT2D eigenvalue weighted by atomic mass is 10.1. The number of benzene rings is 1. The van der Waals surface area contributed by atoms with Gasteiger partial charge in [0.1, 0.15) is 5.82 Å². The summed E-state index contributed by atoms with van der Waals surface area (Å²) in [7, 11) is 0. The topological polar surface area (TPSA) is 37.8 Å². The molecular weight excluding hydrogens is 302 g/mol. The van der Waals surface area contributed by atoms with Crippen LogP contribution in [0.25, 0.3) is 10.9 Å². The Balaban J connectivity index is 2.23. The first-order chi connectivity index (χ1) is 8.15. The average molecular weight is 313 g/mol. The van der Waals surface area contributed by atoms with Crippen molar-refractivity contribution in [3.63, 3.8) is 0 Å². The molecule has 0 bridgehead atoms. The summed E-state index contributed by atoms with van der Waals surface area (Å²) in [4.78, 5) is 8.59. The standard InChI is InChI=1S/C12H11BrClN3/c1-6-9(13)5-4-8-10(6)16-12(14)17-11(8)15-7-2-3-7/h4-5,7H,2-3H2,1H3,(H,15,16,17). The highest BCUT2D eigenvalue weighted by Crippen LogP contribution is 2.32. The van der Waals surface area contributed by atoms with Crippen molar-refractivity contribution in [1.82, 2.24) is 9.97 Å². The summed E-state index contributed by atoms with van der Waals surface area (Å²) in [5.74, 6) is 0.845. The van der Waals surface area contributed by atoms with Crippen LogP contribution < -0.4 is 5.32 Å². The average Bonchev–Trinajstić information content (AvgIpc) is 3.08. The molecule has 0 spiro atoms. The van der Waals surface area contributed by atoms with Crippen LogP contribution in [0.3, 0.4) is 0 Å². The van der Waals surface area contributed by atoms with Crippen LogP contribution >= 0.6 is 27.5 Å². The SMILES string of the molecule is Cc1c(Br)ccc2c(NC3CC3)nc(Cl)nc12. The number of aromatic nitrogens is 2.